The van der Waals surface area contributed by atoms with Gasteiger partial charge >= 0.3 is 5.97 Å². The van der Waals surface area contributed by atoms with Crippen LogP contribution < -0.4 is 0 Å². The van der Waals surface area contributed by atoms with Gasteiger partial charge in [-0.25, -0.2) is 0 Å². The van der Waals surface area contributed by atoms with Crippen LogP contribution in [-0.4, -0.2) is 60.1 Å². The second-order valence-corrected chi connectivity index (χ2v) is 7.00. The molecule has 0 aliphatic carbocycles. The van der Waals surface area contributed by atoms with Crippen molar-refractivity contribution >= 4 is 29.2 Å². The van der Waals surface area contributed by atoms with Gasteiger partial charge in [-0.15, -0.1) is 0 Å². The molecule has 1 N–H and O–H groups in total. The average molecular weight is 359 g/mol. The topological polar surface area (TPSA) is 43.8 Å². The molecule has 0 saturated carbocycles. The SMILES string of the molecule is CN(CC(=O)O)C1CCN(CCCc2c(Cl)cccc2Cl)CC1. The van der Waals surface area contributed by atoms with E-state index < -0.39 is 5.97 Å². The molecule has 23 heavy (non-hydrogen) atoms. The molecule has 0 unspecified atom stereocenters. The summed E-state index contributed by atoms with van der Waals surface area (Å²) in [6, 6.07) is 6.01. The normalized spacial score (nSPS) is 16.9. The number of hydrogen-bond donors (Lipinski definition) is 1. The highest BCUT2D eigenvalue weighted by molar-refractivity contribution is 6.35. The van der Waals surface area contributed by atoms with Gasteiger partial charge in [0.05, 0.1) is 6.54 Å². The van der Waals surface area contributed by atoms with Crippen LogP contribution in [0.1, 0.15) is 24.8 Å². The van der Waals surface area contributed by atoms with Crippen molar-refractivity contribution in [3.8, 4) is 0 Å². The lowest BCUT2D eigenvalue weighted by atomic mass is 10.0. The molecule has 6 heteroatoms. The van der Waals surface area contributed by atoms with Gasteiger partial charge in [0.2, 0.25) is 0 Å². The van der Waals surface area contributed by atoms with Crippen molar-refractivity contribution in [3.05, 3.63) is 33.8 Å². The van der Waals surface area contributed by atoms with E-state index in [4.69, 9.17) is 28.3 Å². The molecule has 1 aliphatic rings. The summed E-state index contributed by atoms with van der Waals surface area (Å²) in [5, 5.41) is 10.3. The summed E-state index contributed by atoms with van der Waals surface area (Å²) in [6.07, 6.45) is 3.96. The lowest BCUT2D eigenvalue weighted by Crippen LogP contribution is -2.45. The maximum absolute atomic E-state index is 10.8. The summed E-state index contributed by atoms with van der Waals surface area (Å²) < 4.78 is 0. The number of nitrogens with zero attached hydrogens (tertiary/aromatic N) is 2. The number of likely N-dealkylation sites (tertiary alicyclic amines) is 1. The van der Waals surface area contributed by atoms with Crippen LogP contribution >= 0.6 is 23.2 Å². The fraction of sp³-hybridized carbons (Fsp3) is 0.588. The van der Waals surface area contributed by atoms with Crippen LogP contribution in [0.3, 0.4) is 0 Å². The molecule has 4 nitrogen and oxygen atoms in total. The van der Waals surface area contributed by atoms with Gasteiger partial charge in [0.25, 0.3) is 0 Å². The second kappa shape index (κ2) is 8.88. The molecule has 128 valence electrons. The summed E-state index contributed by atoms with van der Waals surface area (Å²) in [7, 11) is 1.90. The van der Waals surface area contributed by atoms with Crippen molar-refractivity contribution in [2.75, 3.05) is 33.2 Å². The van der Waals surface area contributed by atoms with Gasteiger partial charge in [0.1, 0.15) is 0 Å². The van der Waals surface area contributed by atoms with Crippen LogP contribution in [0.15, 0.2) is 18.2 Å². The smallest absolute Gasteiger partial charge is 0.317 e. The maximum Gasteiger partial charge on any atom is 0.317 e. The van der Waals surface area contributed by atoms with E-state index in [2.05, 4.69) is 4.90 Å². The Morgan fingerprint density at radius 3 is 2.48 bits per heavy atom. The molecule has 1 aromatic carbocycles. The van der Waals surface area contributed by atoms with Gasteiger partial charge in [-0.1, -0.05) is 29.3 Å². The Bertz CT molecular complexity index is 511. The summed E-state index contributed by atoms with van der Waals surface area (Å²) in [4.78, 5) is 15.2. The Hall–Kier alpha value is -0.810. The van der Waals surface area contributed by atoms with Crippen LogP contribution in [0, 0.1) is 0 Å². The van der Waals surface area contributed by atoms with E-state index in [0.29, 0.717) is 6.04 Å². The van der Waals surface area contributed by atoms with Crippen molar-refractivity contribution in [2.45, 2.75) is 31.7 Å². The summed E-state index contributed by atoms with van der Waals surface area (Å²) >= 11 is 12.4. The second-order valence-electron chi connectivity index (χ2n) is 6.19. The quantitative estimate of drug-likeness (QED) is 0.810. The minimum atomic E-state index is -0.758. The van der Waals surface area contributed by atoms with E-state index in [1.807, 2.05) is 30.1 Å². The first-order chi connectivity index (χ1) is 11.0. The fourth-order valence-electron chi connectivity index (χ4n) is 3.18. The van der Waals surface area contributed by atoms with E-state index in [1.54, 1.807) is 0 Å². The Morgan fingerprint density at radius 2 is 1.91 bits per heavy atom. The number of aliphatic carboxylic acids is 1. The van der Waals surface area contributed by atoms with Crippen LogP contribution in [-0.2, 0) is 11.2 Å². The molecule has 1 aromatic rings. The summed E-state index contributed by atoms with van der Waals surface area (Å²) in [6.45, 7) is 3.18. The number of likely N-dealkylation sites (N-methyl/N-ethyl adjacent to an activating group) is 1. The van der Waals surface area contributed by atoms with E-state index in [-0.39, 0.29) is 6.54 Å². The third-order valence-corrected chi connectivity index (χ3v) is 5.24. The highest BCUT2D eigenvalue weighted by Gasteiger charge is 2.23. The predicted molar refractivity (Wildman–Crippen MR) is 94.5 cm³/mol. The number of halogens is 2. The number of carboxylic acids is 1. The van der Waals surface area contributed by atoms with Crippen LogP contribution in [0.4, 0.5) is 0 Å². The zero-order chi connectivity index (χ0) is 16.8. The summed E-state index contributed by atoms with van der Waals surface area (Å²) in [5.41, 5.74) is 1.03. The number of piperidine rings is 1. The number of hydrogen-bond acceptors (Lipinski definition) is 3. The molecule has 2 rings (SSSR count). The first-order valence-corrected chi connectivity index (χ1v) is 8.80. The first kappa shape index (κ1) is 18.5. The van der Waals surface area contributed by atoms with Crippen LogP contribution in [0.2, 0.25) is 10.0 Å². The van der Waals surface area contributed by atoms with E-state index in [1.165, 1.54) is 0 Å². The molecule has 1 saturated heterocycles. The zero-order valence-electron chi connectivity index (χ0n) is 13.5. The number of carbonyl (C=O) groups is 1. The van der Waals surface area contributed by atoms with Crippen molar-refractivity contribution in [3.63, 3.8) is 0 Å². The molecular weight excluding hydrogens is 335 g/mol. The first-order valence-electron chi connectivity index (χ1n) is 8.04. The van der Waals surface area contributed by atoms with E-state index in [0.717, 1.165) is 60.9 Å². The highest BCUT2D eigenvalue weighted by Crippen LogP contribution is 2.25. The minimum absolute atomic E-state index is 0.121. The molecule has 1 heterocycles. The molecule has 0 amide bonds. The average Bonchev–Trinajstić information content (AvgIpc) is 2.50. The molecule has 0 aromatic heterocycles. The van der Waals surface area contributed by atoms with Crippen molar-refractivity contribution in [1.82, 2.24) is 9.80 Å². The van der Waals surface area contributed by atoms with E-state index in [9.17, 15) is 4.79 Å². The van der Waals surface area contributed by atoms with Crippen LogP contribution in [0.5, 0.6) is 0 Å². The predicted octanol–water partition coefficient (Wildman–Crippen LogP) is 3.41. The van der Waals surface area contributed by atoms with Gasteiger partial charge in [-0.2, -0.15) is 0 Å². The highest BCUT2D eigenvalue weighted by atomic mass is 35.5. The Morgan fingerprint density at radius 1 is 1.30 bits per heavy atom. The molecular formula is C17H24Cl2N2O2. The van der Waals surface area contributed by atoms with Gasteiger partial charge in [0.15, 0.2) is 0 Å². The number of benzene rings is 1. The number of rotatable bonds is 7. The largest absolute Gasteiger partial charge is 0.480 e. The zero-order valence-corrected chi connectivity index (χ0v) is 15.0. The van der Waals surface area contributed by atoms with Gasteiger partial charge < -0.3 is 10.0 Å². The Kier molecular flexibility index (Phi) is 7.15. The lowest BCUT2D eigenvalue weighted by molar-refractivity contribution is -0.138. The van der Waals surface area contributed by atoms with Gasteiger partial charge in [-0.05, 0) is 70.1 Å². The van der Waals surface area contributed by atoms with Gasteiger partial charge in [0, 0.05) is 16.1 Å². The summed E-state index contributed by atoms with van der Waals surface area (Å²) in [5.74, 6) is -0.758. The third kappa shape index (κ3) is 5.64. The maximum atomic E-state index is 10.8. The van der Waals surface area contributed by atoms with E-state index >= 15 is 0 Å². The monoisotopic (exact) mass is 358 g/mol. The number of carboxylic acid groups (broad SMARTS) is 1. The standard InChI is InChI=1S/C17H24Cl2N2O2/c1-20(12-17(22)23)13-7-10-21(11-8-13)9-3-4-14-15(18)5-2-6-16(14)19/h2,5-6,13H,3-4,7-12H2,1H3,(H,22,23). The molecule has 0 radical (unpaired) electrons. The molecule has 1 aliphatic heterocycles. The Labute approximate surface area is 148 Å². The molecule has 0 atom stereocenters. The van der Waals surface area contributed by atoms with Gasteiger partial charge in [-0.3, -0.25) is 9.69 Å². The molecule has 0 spiro atoms. The van der Waals surface area contributed by atoms with Crippen molar-refractivity contribution in [1.29, 1.82) is 0 Å². The van der Waals surface area contributed by atoms with Crippen molar-refractivity contribution < 1.29 is 9.90 Å². The Balaban J connectivity index is 1.72. The molecule has 1 fully saturated rings. The van der Waals surface area contributed by atoms with Crippen molar-refractivity contribution in [2.24, 2.45) is 0 Å². The fourth-order valence-corrected chi connectivity index (χ4v) is 3.76. The van der Waals surface area contributed by atoms with Crippen LogP contribution in [0.25, 0.3) is 0 Å². The molecule has 0 bridgehead atoms. The lowest BCUT2D eigenvalue weighted by Gasteiger charge is -2.36. The minimum Gasteiger partial charge on any atom is -0.480 e. The third-order valence-electron chi connectivity index (χ3n) is 4.53.